The summed E-state index contributed by atoms with van der Waals surface area (Å²) in [5.41, 5.74) is 1.37. The van der Waals surface area contributed by atoms with Crippen molar-refractivity contribution in [2.75, 3.05) is 5.32 Å². The Morgan fingerprint density at radius 2 is 2.25 bits per heavy atom. The predicted molar refractivity (Wildman–Crippen MR) is 53.3 cm³/mol. The van der Waals surface area contributed by atoms with Crippen molar-refractivity contribution in [1.82, 2.24) is 30.1 Å². The Kier molecular flexibility index (Phi) is 1.96. The van der Waals surface area contributed by atoms with Crippen LogP contribution in [-0.4, -0.2) is 30.1 Å². The van der Waals surface area contributed by atoms with Crippen LogP contribution in [0.15, 0.2) is 23.6 Å². The molecule has 0 spiro atoms. The minimum absolute atomic E-state index is 0.432. The van der Waals surface area contributed by atoms with Crippen molar-refractivity contribution in [1.29, 1.82) is 0 Å². The first-order valence-corrected chi connectivity index (χ1v) is 4.56. The molecule has 3 rings (SSSR count). The monoisotopic (exact) mass is 217 g/mol. The van der Waals surface area contributed by atoms with Gasteiger partial charge in [-0.25, -0.2) is 15.0 Å². The van der Waals surface area contributed by atoms with E-state index in [-0.39, 0.29) is 0 Å². The number of nitrogens with zero attached hydrogens (tertiary/aromatic N) is 5. The highest BCUT2D eigenvalue weighted by atomic mass is 16.5. The summed E-state index contributed by atoms with van der Waals surface area (Å²) in [6.07, 6.45) is 4.30. The van der Waals surface area contributed by atoms with Crippen molar-refractivity contribution in [3.8, 4) is 0 Å². The van der Waals surface area contributed by atoms with E-state index in [0.29, 0.717) is 23.8 Å². The Bertz CT molecular complexity index is 587. The van der Waals surface area contributed by atoms with Gasteiger partial charge in [-0.2, -0.15) is 4.98 Å². The van der Waals surface area contributed by atoms with Gasteiger partial charge in [0, 0.05) is 0 Å². The lowest BCUT2D eigenvalue weighted by Gasteiger charge is -2.01. The molecule has 8 nitrogen and oxygen atoms in total. The molecule has 0 unspecified atom stereocenters. The van der Waals surface area contributed by atoms with Gasteiger partial charge in [0.1, 0.15) is 11.8 Å². The molecule has 0 aromatic carbocycles. The Labute approximate surface area is 89.1 Å². The van der Waals surface area contributed by atoms with Crippen LogP contribution in [0.2, 0.25) is 0 Å². The molecule has 0 atom stereocenters. The van der Waals surface area contributed by atoms with Crippen molar-refractivity contribution >= 4 is 17.0 Å². The molecule has 0 amide bonds. The Morgan fingerprint density at radius 1 is 1.25 bits per heavy atom. The summed E-state index contributed by atoms with van der Waals surface area (Å²) in [5, 5.41) is 6.75. The van der Waals surface area contributed by atoms with Crippen LogP contribution in [0.4, 0.5) is 5.82 Å². The van der Waals surface area contributed by atoms with Crippen LogP contribution in [-0.2, 0) is 6.54 Å². The molecule has 0 saturated heterocycles. The molecule has 0 bridgehead atoms. The van der Waals surface area contributed by atoms with Gasteiger partial charge in [0.25, 0.3) is 0 Å². The lowest BCUT2D eigenvalue weighted by molar-refractivity contribution is 0.411. The molecule has 16 heavy (non-hydrogen) atoms. The highest BCUT2D eigenvalue weighted by Crippen LogP contribution is 2.14. The molecule has 0 aliphatic heterocycles. The van der Waals surface area contributed by atoms with Crippen LogP contribution in [0, 0.1) is 0 Å². The van der Waals surface area contributed by atoms with Crippen LogP contribution in [0.3, 0.4) is 0 Å². The Morgan fingerprint density at radius 3 is 3.12 bits per heavy atom. The van der Waals surface area contributed by atoms with E-state index in [0.717, 1.165) is 5.52 Å². The second kappa shape index (κ2) is 3.57. The zero-order valence-electron chi connectivity index (χ0n) is 8.08. The fourth-order valence-corrected chi connectivity index (χ4v) is 1.33. The van der Waals surface area contributed by atoms with Crippen molar-refractivity contribution < 1.29 is 4.52 Å². The fraction of sp³-hybridized carbons (Fsp3) is 0.125. The van der Waals surface area contributed by atoms with Gasteiger partial charge in [-0.05, 0) is 0 Å². The average molecular weight is 217 g/mol. The number of anilines is 1. The number of hydrogen-bond donors (Lipinski definition) is 2. The van der Waals surface area contributed by atoms with E-state index in [1.54, 1.807) is 6.33 Å². The van der Waals surface area contributed by atoms with Gasteiger partial charge >= 0.3 is 0 Å². The third-order valence-corrected chi connectivity index (χ3v) is 2.04. The third-order valence-electron chi connectivity index (χ3n) is 2.04. The summed E-state index contributed by atoms with van der Waals surface area (Å²) < 4.78 is 4.62. The van der Waals surface area contributed by atoms with Gasteiger partial charge in [-0.1, -0.05) is 5.16 Å². The molecule has 0 fully saturated rings. The van der Waals surface area contributed by atoms with Gasteiger partial charge in [0.2, 0.25) is 6.39 Å². The molecule has 8 heteroatoms. The molecule has 0 radical (unpaired) electrons. The smallest absolute Gasteiger partial charge is 0.213 e. The number of aromatic nitrogens is 6. The maximum atomic E-state index is 4.62. The van der Waals surface area contributed by atoms with E-state index in [1.807, 2.05) is 0 Å². The van der Waals surface area contributed by atoms with Crippen LogP contribution in [0.5, 0.6) is 0 Å². The molecule has 0 aliphatic carbocycles. The Hall–Kier alpha value is -2.51. The molecule has 0 aliphatic rings. The molecule has 80 valence electrons. The van der Waals surface area contributed by atoms with Crippen molar-refractivity contribution in [3.63, 3.8) is 0 Å². The SMILES string of the molecule is c1nc(NCc2ncon2)c2[nH]cnc2n1. The minimum atomic E-state index is 0.432. The molecule has 3 heterocycles. The predicted octanol–water partition coefficient (Wildman–Crippen LogP) is 0.348. The van der Waals surface area contributed by atoms with Gasteiger partial charge in [-0.3, -0.25) is 0 Å². The average Bonchev–Trinajstić information content (AvgIpc) is 2.97. The topological polar surface area (TPSA) is 105 Å². The van der Waals surface area contributed by atoms with Gasteiger partial charge < -0.3 is 14.8 Å². The standard InChI is InChI=1S/C8H7N7O/c1(5-14-4-16-15-5)9-7-6-8(11-2-10-6)13-3-12-7/h2-4H,1H2,(H2,9,10,11,12,13). The van der Waals surface area contributed by atoms with Gasteiger partial charge in [0.15, 0.2) is 17.3 Å². The van der Waals surface area contributed by atoms with E-state index in [1.165, 1.54) is 12.7 Å². The molecular formula is C8H7N7O. The second-order valence-corrected chi connectivity index (χ2v) is 3.02. The van der Waals surface area contributed by atoms with Crippen molar-refractivity contribution in [2.45, 2.75) is 6.54 Å². The Balaban J connectivity index is 1.86. The highest BCUT2D eigenvalue weighted by Gasteiger charge is 2.06. The van der Waals surface area contributed by atoms with Gasteiger partial charge in [0.05, 0.1) is 12.9 Å². The van der Waals surface area contributed by atoms with E-state index < -0.39 is 0 Å². The van der Waals surface area contributed by atoms with E-state index in [2.05, 4.69) is 39.9 Å². The number of imidazole rings is 1. The normalized spacial score (nSPS) is 10.8. The number of rotatable bonds is 3. The number of fused-ring (bicyclic) bond motifs is 1. The second-order valence-electron chi connectivity index (χ2n) is 3.02. The largest absolute Gasteiger partial charge is 0.361 e. The van der Waals surface area contributed by atoms with Crippen molar-refractivity contribution in [3.05, 3.63) is 24.9 Å². The van der Waals surface area contributed by atoms with Crippen LogP contribution < -0.4 is 5.32 Å². The molecule has 2 N–H and O–H groups in total. The molecule has 0 saturated carbocycles. The summed E-state index contributed by atoms with van der Waals surface area (Å²) in [7, 11) is 0. The van der Waals surface area contributed by atoms with E-state index in [4.69, 9.17) is 0 Å². The number of H-pyrrole nitrogens is 1. The van der Waals surface area contributed by atoms with Crippen molar-refractivity contribution in [2.24, 2.45) is 0 Å². The lowest BCUT2D eigenvalue weighted by atomic mass is 10.4. The quantitative estimate of drug-likeness (QED) is 0.651. The molecular weight excluding hydrogens is 210 g/mol. The zero-order chi connectivity index (χ0) is 10.8. The summed E-state index contributed by atoms with van der Waals surface area (Å²) in [6, 6.07) is 0. The first kappa shape index (κ1) is 8.77. The maximum Gasteiger partial charge on any atom is 0.213 e. The summed E-state index contributed by atoms with van der Waals surface area (Å²) >= 11 is 0. The van der Waals surface area contributed by atoms with Crippen LogP contribution >= 0.6 is 0 Å². The maximum absolute atomic E-state index is 4.62. The van der Waals surface area contributed by atoms with Crippen LogP contribution in [0.25, 0.3) is 11.2 Å². The highest BCUT2D eigenvalue weighted by molar-refractivity contribution is 5.81. The van der Waals surface area contributed by atoms with Crippen LogP contribution in [0.1, 0.15) is 5.82 Å². The first-order chi connectivity index (χ1) is 7.93. The van der Waals surface area contributed by atoms with E-state index in [9.17, 15) is 0 Å². The first-order valence-electron chi connectivity index (χ1n) is 4.56. The molecule has 3 aromatic heterocycles. The van der Waals surface area contributed by atoms with Gasteiger partial charge in [-0.15, -0.1) is 0 Å². The summed E-state index contributed by atoms with van der Waals surface area (Å²) in [6.45, 7) is 0.432. The number of nitrogens with one attached hydrogen (secondary N) is 2. The third kappa shape index (κ3) is 1.45. The fourth-order valence-electron chi connectivity index (χ4n) is 1.33. The summed E-state index contributed by atoms with van der Waals surface area (Å²) in [5.74, 6) is 1.22. The lowest BCUT2D eigenvalue weighted by Crippen LogP contribution is -2.03. The number of hydrogen-bond acceptors (Lipinski definition) is 7. The zero-order valence-corrected chi connectivity index (χ0v) is 8.08. The number of aromatic amines is 1. The van der Waals surface area contributed by atoms with E-state index >= 15 is 0 Å². The molecule has 3 aromatic rings. The minimum Gasteiger partial charge on any atom is -0.361 e. The summed E-state index contributed by atoms with van der Waals surface area (Å²) in [4.78, 5) is 19.0.